The molecule has 0 saturated heterocycles. The molecule has 3 aromatic rings. The Kier molecular flexibility index (Phi) is 5.82. The molecule has 2 N–H and O–H groups in total. The first-order valence-electron chi connectivity index (χ1n) is 8.07. The van der Waals surface area contributed by atoms with Crippen molar-refractivity contribution in [2.45, 2.75) is 19.7 Å². The number of carboxylic acids is 1. The van der Waals surface area contributed by atoms with Crippen molar-refractivity contribution in [1.29, 1.82) is 0 Å². The number of hydrogen-bond acceptors (Lipinski definition) is 4. The molecule has 0 radical (unpaired) electrons. The molecule has 1 heterocycles. The molecule has 4 nitrogen and oxygen atoms in total. The lowest BCUT2D eigenvalue weighted by molar-refractivity contribution is -0.686. The zero-order valence-corrected chi connectivity index (χ0v) is 14.5. The van der Waals surface area contributed by atoms with Crippen LogP contribution < -0.4 is 15.2 Å². The lowest BCUT2D eigenvalue weighted by atomic mass is 10.1. The number of nitrogens with two attached hydrogens (primary N) is 1. The molecule has 0 bridgehead atoms. The summed E-state index contributed by atoms with van der Waals surface area (Å²) in [4.78, 5) is 11.9. The molecule has 0 aliphatic carbocycles. The highest BCUT2D eigenvalue weighted by Gasteiger charge is 2.01. The molecule has 0 unspecified atom stereocenters. The first-order valence-corrected chi connectivity index (χ1v) is 8.95. The van der Waals surface area contributed by atoms with Crippen LogP contribution >= 0.6 is 11.3 Å². The van der Waals surface area contributed by atoms with E-state index in [0.29, 0.717) is 6.61 Å². The third kappa shape index (κ3) is 5.17. The molecule has 0 saturated carbocycles. The van der Waals surface area contributed by atoms with Crippen LogP contribution in [0.1, 0.15) is 26.4 Å². The van der Waals surface area contributed by atoms with Crippen LogP contribution in [0.5, 0.6) is 5.75 Å². The monoisotopic (exact) mass is 353 g/mol. The van der Waals surface area contributed by atoms with Crippen molar-refractivity contribution in [3.8, 4) is 5.75 Å². The number of hydrogen-bond donors (Lipinski definition) is 1. The van der Waals surface area contributed by atoms with E-state index in [1.165, 1.54) is 10.4 Å². The highest BCUT2D eigenvalue weighted by molar-refractivity contribution is 7.09. The topological polar surface area (TPSA) is 66.0 Å². The highest BCUT2D eigenvalue weighted by atomic mass is 32.1. The van der Waals surface area contributed by atoms with Crippen LogP contribution in [-0.4, -0.2) is 5.97 Å². The number of benzene rings is 2. The average Bonchev–Trinajstić information content (AvgIpc) is 3.15. The quantitative estimate of drug-likeness (QED) is 0.673. The zero-order chi connectivity index (χ0) is 17.5. The number of thiophene rings is 1. The molecule has 1 aromatic heterocycles. The summed E-state index contributed by atoms with van der Waals surface area (Å²) in [6.07, 6.45) is 0. The fourth-order valence-corrected chi connectivity index (χ4v) is 3.07. The molecule has 0 spiro atoms. The lowest BCUT2D eigenvalue weighted by Crippen LogP contribution is -2.80. The number of rotatable bonds is 8. The summed E-state index contributed by atoms with van der Waals surface area (Å²) in [6.45, 7) is 2.25. The summed E-state index contributed by atoms with van der Waals surface area (Å²) in [7, 11) is 0. The van der Waals surface area contributed by atoms with Gasteiger partial charge in [0.05, 0.1) is 5.97 Å². The Bertz CT molecular complexity index is 796. The van der Waals surface area contributed by atoms with Gasteiger partial charge in [0.15, 0.2) is 0 Å². The Balaban J connectivity index is 1.44. The Morgan fingerprint density at radius 2 is 1.60 bits per heavy atom. The predicted octanol–water partition coefficient (Wildman–Crippen LogP) is 1.95. The molecular weight excluding hydrogens is 334 g/mol. The van der Waals surface area contributed by atoms with E-state index in [1.54, 1.807) is 23.5 Å². The third-order valence-electron chi connectivity index (χ3n) is 3.83. The highest BCUT2D eigenvalue weighted by Crippen LogP contribution is 2.16. The zero-order valence-electron chi connectivity index (χ0n) is 13.7. The van der Waals surface area contributed by atoms with Gasteiger partial charge in [0.2, 0.25) is 0 Å². The minimum Gasteiger partial charge on any atom is -0.545 e. The third-order valence-corrected chi connectivity index (χ3v) is 4.68. The van der Waals surface area contributed by atoms with Gasteiger partial charge in [-0.1, -0.05) is 30.3 Å². The van der Waals surface area contributed by atoms with E-state index in [-0.39, 0.29) is 5.56 Å². The van der Waals surface area contributed by atoms with E-state index in [4.69, 9.17) is 4.74 Å². The molecule has 5 heteroatoms. The van der Waals surface area contributed by atoms with Gasteiger partial charge < -0.3 is 20.0 Å². The second-order valence-corrected chi connectivity index (χ2v) is 6.73. The molecule has 0 aliphatic rings. The van der Waals surface area contributed by atoms with Gasteiger partial charge in [-0.15, -0.1) is 11.3 Å². The van der Waals surface area contributed by atoms with Gasteiger partial charge >= 0.3 is 0 Å². The number of carbonyl (C=O) groups is 1. The normalized spacial score (nSPS) is 10.6. The summed E-state index contributed by atoms with van der Waals surface area (Å²) in [5.74, 6) is -0.271. The van der Waals surface area contributed by atoms with Crippen molar-refractivity contribution in [3.63, 3.8) is 0 Å². The Labute approximate surface area is 150 Å². The smallest absolute Gasteiger partial charge is 0.122 e. The molecule has 0 aliphatic heterocycles. The summed E-state index contributed by atoms with van der Waals surface area (Å²) < 4.78 is 5.76. The average molecular weight is 353 g/mol. The maximum absolute atomic E-state index is 10.7. The van der Waals surface area contributed by atoms with Crippen molar-refractivity contribution in [3.05, 3.63) is 87.6 Å². The van der Waals surface area contributed by atoms with E-state index >= 15 is 0 Å². The van der Waals surface area contributed by atoms with Crippen LogP contribution in [0.3, 0.4) is 0 Å². The van der Waals surface area contributed by atoms with Gasteiger partial charge in [0, 0.05) is 16.0 Å². The van der Waals surface area contributed by atoms with Crippen molar-refractivity contribution < 1.29 is 20.0 Å². The maximum atomic E-state index is 10.7. The Morgan fingerprint density at radius 1 is 0.960 bits per heavy atom. The predicted molar refractivity (Wildman–Crippen MR) is 95.2 cm³/mol. The van der Waals surface area contributed by atoms with Gasteiger partial charge in [0.25, 0.3) is 0 Å². The van der Waals surface area contributed by atoms with Crippen molar-refractivity contribution in [2.24, 2.45) is 0 Å². The molecular formula is C20H19NO3S. The summed E-state index contributed by atoms with van der Waals surface area (Å²) in [5.41, 5.74) is 2.51. The molecule has 0 amide bonds. The van der Waals surface area contributed by atoms with E-state index in [2.05, 4.69) is 23.5 Å². The van der Waals surface area contributed by atoms with Crippen LogP contribution in [0, 0.1) is 0 Å². The Hall–Kier alpha value is -2.63. The second-order valence-electron chi connectivity index (χ2n) is 5.69. The van der Waals surface area contributed by atoms with E-state index in [0.717, 1.165) is 24.4 Å². The largest absolute Gasteiger partial charge is 0.545 e. The fourth-order valence-electron chi connectivity index (χ4n) is 2.45. The van der Waals surface area contributed by atoms with E-state index in [1.807, 2.05) is 35.7 Å². The fraction of sp³-hybridized carbons (Fsp3) is 0.150. The molecule has 0 fully saturated rings. The summed E-state index contributed by atoms with van der Waals surface area (Å²) in [5, 5.41) is 14.9. The number of ether oxygens (including phenoxy) is 1. The number of carbonyl (C=O) groups excluding carboxylic acids is 1. The summed E-state index contributed by atoms with van der Waals surface area (Å²) in [6, 6.07) is 19.0. The van der Waals surface area contributed by atoms with Gasteiger partial charge in [-0.25, -0.2) is 0 Å². The van der Waals surface area contributed by atoms with Crippen LogP contribution in [0.4, 0.5) is 0 Å². The minimum absolute atomic E-state index is 0.210. The van der Waals surface area contributed by atoms with Gasteiger partial charge in [-0.05, 0) is 41.3 Å². The lowest BCUT2D eigenvalue weighted by Gasteiger charge is -2.07. The van der Waals surface area contributed by atoms with Crippen LogP contribution in [0.25, 0.3) is 0 Å². The molecule has 0 atom stereocenters. The van der Waals surface area contributed by atoms with Crippen LogP contribution in [0.2, 0.25) is 0 Å². The van der Waals surface area contributed by atoms with E-state index < -0.39 is 5.97 Å². The standard InChI is InChI=1S/C20H19NO3S/c22-20(23)17-7-3-15(4-8-17)12-21-13-16-5-9-18(10-6-16)24-14-19-2-1-11-25-19/h1-11,21H,12-14H2,(H,22,23). The maximum Gasteiger partial charge on any atom is 0.122 e. The van der Waals surface area contributed by atoms with Crippen molar-refractivity contribution >= 4 is 17.3 Å². The summed E-state index contributed by atoms with van der Waals surface area (Å²) >= 11 is 1.69. The number of quaternary nitrogens is 1. The van der Waals surface area contributed by atoms with Gasteiger partial charge in [0.1, 0.15) is 25.4 Å². The van der Waals surface area contributed by atoms with E-state index in [9.17, 15) is 9.90 Å². The van der Waals surface area contributed by atoms with Gasteiger partial charge in [-0.2, -0.15) is 0 Å². The second kappa shape index (κ2) is 8.46. The van der Waals surface area contributed by atoms with Crippen LogP contribution in [0.15, 0.2) is 66.0 Å². The first-order chi connectivity index (χ1) is 12.2. The molecule has 2 aromatic carbocycles. The van der Waals surface area contributed by atoms with Crippen molar-refractivity contribution in [1.82, 2.24) is 0 Å². The molecule has 128 valence electrons. The first kappa shape index (κ1) is 17.2. The minimum atomic E-state index is -1.14. The van der Waals surface area contributed by atoms with Gasteiger partial charge in [-0.3, -0.25) is 0 Å². The molecule has 3 rings (SSSR count). The van der Waals surface area contributed by atoms with Crippen LogP contribution in [-0.2, 0) is 19.7 Å². The SMILES string of the molecule is O=C([O-])c1ccc(C[NH2+]Cc2ccc(OCc3cccs3)cc2)cc1. The van der Waals surface area contributed by atoms with Crippen molar-refractivity contribution in [2.75, 3.05) is 0 Å². The number of carboxylic acid groups (broad SMARTS) is 1. The number of aromatic carboxylic acids is 1. The molecule has 25 heavy (non-hydrogen) atoms. The Morgan fingerprint density at radius 3 is 2.16 bits per heavy atom.